The van der Waals surface area contributed by atoms with Crippen LogP contribution in [0.3, 0.4) is 0 Å². The Labute approximate surface area is 92.2 Å². The number of hydrogen-bond donors (Lipinski definition) is 1. The summed E-state index contributed by atoms with van der Waals surface area (Å²) in [5.74, 6) is 0. The van der Waals surface area contributed by atoms with Crippen molar-refractivity contribution in [2.24, 2.45) is 0 Å². The molecule has 0 saturated carbocycles. The minimum Gasteiger partial charge on any atom is -0.389 e. The molecule has 5 heteroatoms. The first-order valence-corrected chi connectivity index (χ1v) is 8.65. The molecular weight excluding hydrogens is 228 g/mol. The van der Waals surface area contributed by atoms with E-state index in [2.05, 4.69) is 0 Å². The van der Waals surface area contributed by atoms with E-state index < -0.39 is 0 Å². The van der Waals surface area contributed by atoms with Gasteiger partial charge in [0, 0.05) is 0 Å². The molecule has 0 saturated heterocycles. The highest BCUT2D eigenvalue weighted by atomic mass is 32.2. The lowest BCUT2D eigenvalue weighted by molar-refractivity contribution is 0.210. The average Bonchev–Trinajstić information content (AvgIpc) is 2.09. The second-order valence-corrected chi connectivity index (χ2v) is 6.68. The van der Waals surface area contributed by atoms with Crippen molar-refractivity contribution in [2.75, 3.05) is 25.0 Å². The molecule has 0 rings (SSSR count). The van der Waals surface area contributed by atoms with Gasteiger partial charge < -0.3 is 5.11 Å². The normalized spacial score (nSPS) is 12.0. The summed E-state index contributed by atoms with van der Waals surface area (Å²) in [5.41, 5.74) is 0. The molecule has 0 heterocycles. The van der Waals surface area contributed by atoms with Crippen LogP contribution >= 0.6 is 47.0 Å². The highest BCUT2D eigenvalue weighted by molar-refractivity contribution is 8.18. The maximum atomic E-state index is 9.89. The van der Waals surface area contributed by atoms with Gasteiger partial charge >= 0.3 is 0 Å². The summed E-state index contributed by atoms with van der Waals surface area (Å²) in [4.78, 5) is 0. The van der Waals surface area contributed by atoms with Gasteiger partial charge in [-0.15, -0.1) is 47.0 Å². The minimum atomic E-state index is -0.222. The zero-order valence-electron chi connectivity index (χ0n) is 7.81. The van der Waals surface area contributed by atoms with E-state index in [0.717, 1.165) is 0 Å². The smallest absolute Gasteiger partial charge is 0.0959 e. The Morgan fingerprint density at radius 3 is 1.17 bits per heavy atom. The second kappa shape index (κ2) is 7.74. The molecule has 0 aromatic heterocycles. The highest BCUT2D eigenvalue weighted by Crippen LogP contribution is 2.32. The third-order valence-electron chi connectivity index (χ3n) is 1.49. The standard InChI is InChI=1S/C7H16OS4/c1-9-6(10-2)5(8)7(11-3)12-4/h5-8H,1-4H3. The molecule has 1 N–H and O–H groups in total. The van der Waals surface area contributed by atoms with Gasteiger partial charge in [0.2, 0.25) is 0 Å². The van der Waals surface area contributed by atoms with Gasteiger partial charge in [-0.05, 0) is 25.0 Å². The summed E-state index contributed by atoms with van der Waals surface area (Å²) < 4.78 is 0.602. The Hall–Kier alpha value is 1.36. The van der Waals surface area contributed by atoms with E-state index in [0.29, 0.717) is 9.16 Å². The number of aliphatic hydroxyl groups is 1. The van der Waals surface area contributed by atoms with Gasteiger partial charge in [-0.3, -0.25) is 0 Å². The largest absolute Gasteiger partial charge is 0.389 e. The predicted octanol–water partition coefficient (Wildman–Crippen LogP) is 2.45. The lowest BCUT2D eigenvalue weighted by Crippen LogP contribution is -2.28. The molecule has 0 radical (unpaired) electrons. The van der Waals surface area contributed by atoms with Crippen molar-refractivity contribution in [3.05, 3.63) is 0 Å². The molecule has 0 fully saturated rings. The van der Waals surface area contributed by atoms with Crippen molar-refractivity contribution in [1.29, 1.82) is 0 Å². The Bertz CT molecular complexity index is 91.6. The molecule has 0 atom stereocenters. The van der Waals surface area contributed by atoms with Gasteiger partial charge in [0.05, 0.1) is 15.3 Å². The first-order valence-electron chi connectivity index (χ1n) is 3.50. The van der Waals surface area contributed by atoms with E-state index in [1.165, 1.54) is 0 Å². The highest BCUT2D eigenvalue weighted by Gasteiger charge is 2.25. The predicted molar refractivity (Wildman–Crippen MR) is 67.6 cm³/mol. The molecule has 0 aromatic carbocycles. The molecule has 0 bridgehead atoms. The van der Waals surface area contributed by atoms with Crippen molar-refractivity contribution >= 4 is 47.0 Å². The Morgan fingerprint density at radius 1 is 0.750 bits per heavy atom. The van der Waals surface area contributed by atoms with Gasteiger partial charge in [0.1, 0.15) is 0 Å². The second-order valence-electron chi connectivity index (χ2n) is 2.17. The van der Waals surface area contributed by atoms with Crippen LogP contribution in [0.5, 0.6) is 0 Å². The number of rotatable bonds is 6. The van der Waals surface area contributed by atoms with E-state index in [4.69, 9.17) is 0 Å². The zero-order chi connectivity index (χ0) is 9.56. The van der Waals surface area contributed by atoms with Crippen molar-refractivity contribution < 1.29 is 5.11 Å². The molecule has 0 amide bonds. The fraction of sp³-hybridized carbons (Fsp3) is 1.00. The first-order chi connectivity index (χ1) is 5.71. The topological polar surface area (TPSA) is 20.2 Å². The van der Waals surface area contributed by atoms with Gasteiger partial charge in [-0.25, -0.2) is 0 Å². The van der Waals surface area contributed by atoms with Crippen LogP contribution in [0, 0.1) is 0 Å². The van der Waals surface area contributed by atoms with Crippen LogP contribution in [0.2, 0.25) is 0 Å². The summed E-state index contributed by atoms with van der Waals surface area (Å²) in [5, 5.41) is 9.89. The first kappa shape index (κ1) is 13.4. The molecule has 0 aliphatic heterocycles. The SMILES string of the molecule is CSC(SC)C(O)C(SC)SC. The third-order valence-corrected chi connectivity index (χ3v) is 6.77. The summed E-state index contributed by atoms with van der Waals surface area (Å²) in [6.45, 7) is 0. The van der Waals surface area contributed by atoms with Crippen LogP contribution in [0.15, 0.2) is 0 Å². The summed E-state index contributed by atoms with van der Waals surface area (Å²) >= 11 is 6.89. The average molecular weight is 244 g/mol. The number of thioether (sulfide) groups is 4. The molecule has 0 aliphatic carbocycles. The van der Waals surface area contributed by atoms with Crippen molar-refractivity contribution in [3.63, 3.8) is 0 Å². The van der Waals surface area contributed by atoms with Crippen LogP contribution in [-0.2, 0) is 0 Å². The molecular formula is C7H16OS4. The molecule has 0 aromatic rings. The molecule has 74 valence electrons. The minimum absolute atomic E-state index is 0.222. The van der Waals surface area contributed by atoms with Crippen LogP contribution < -0.4 is 0 Å². The van der Waals surface area contributed by atoms with Gasteiger partial charge in [0.15, 0.2) is 0 Å². The van der Waals surface area contributed by atoms with Gasteiger partial charge in [0.25, 0.3) is 0 Å². The number of aliphatic hydroxyl groups excluding tert-OH is 1. The molecule has 0 unspecified atom stereocenters. The number of hydrogen-bond acceptors (Lipinski definition) is 5. The monoisotopic (exact) mass is 244 g/mol. The Balaban J connectivity index is 4.02. The fourth-order valence-electron chi connectivity index (χ4n) is 0.878. The van der Waals surface area contributed by atoms with Gasteiger partial charge in [-0.2, -0.15) is 0 Å². The summed E-state index contributed by atoms with van der Waals surface area (Å²) in [7, 11) is 0. The van der Waals surface area contributed by atoms with Crippen molar-refractivity contribution in [3.8, 4) is 0 Å². The van der Waals surface area contributed by atoms with Crippen LogP contribution in [0.1, 0.15) is 0 Å². The van der Waals surface area contributed by atoms with Crippen LogP contribution in [-0.4, -0.2) is 45.4 Å². The summed E-state index contributed by atoms with van der Waals surface area (Å²) in [6.07, 6.45) is 7.95. The maximum absolute atomic E-state index is 9.89. The Kier molecular flexibility index (Phi) is 8.61. The Morgan fingerprint density at radius 2 is 1.00 bits per heavy atom. The molecule has 1 nitrogen and oxygen atoms in total. The van der Waals surface area contributed by atoms with E-state index in [-0.39, 0.29) is 6.10 Å². The van der Waals surface area contributed by atoms with Crippen molar-refractivity contribution in [1.82, 2.24) is 0 Å². The van der Waals surface area contributed by atoms with E-state index in [9.17, 15) is 5.11 Å². The molecule has 0 aliphatic rings. The fourth-order valence-corrected chi connectivity index (χ4v) is 4.56. The summed E-state index contributed by atoms with van der Waals surface area (Å²) in [6, 6.07) is 0. The van der Waals surface area contributed by atoms with Crippen LogP contribution in [0.25, 0.3) is 0 Å². The van der Waals surface area contributed by atoms with E-state index >= 15 is 0 Å². The van der Waals surface area contributed by atoms with Gasteiger partial charge in [-0.1, -0.05) is 0 Å². The quantitative estimate of drug-likeness (QED) is 0.722. The maximum Gasteiger partial charge on any atom is 0.0959 e. The van der Waals surface area contributed by atoms with E-state index in [1.54, 1.807) is 47.0 Å². The van der Waals surface area contributed by atoms with E-state index in [1.807, 2.05) is 25.0 Å². The third kappa shape index (κ3) is 4.05. The zero-order valence-corrected chi connectivity index (χ0v) is 11.1. The lowest BCUT2D eigenvalue weighted by Gasteiger charge is -2.24. The molecule has 12 heavy (non-hydrogen) atoms. The van der Waals surface area contributed by atoms with Crippen LogP contribution in [0.4, 0.5) is 0 Å². The van der Waals surface area contributed by atoms with Crippen molar-refractivity contribution in [2.45, 2.75) is 15.3 Å². The molecule has 0 spiro atoms. The lowest BCUT2D eigenvalue weighted by atomic mass is 10.5.